The Morgan fingerprint density at radius 2 is 1.88 bits per heavy atom. The van der Waals surface area contributed by atoms with Gasteiger partial charge in [-0.05, 0) is 44.4 Å². The second kappa shape index (κ2) is 14.0. The van der Waals surface area contributed by atoms with Gasteiger partial charge in [0.05, 0.1) is 6.54 Å². The normalized spacial score (nSPS) is 10.8. The number of halogens is 1. The molecule has 0 saturated carbocycles. The molecule has 0 aliphatic heterocycles. The van der Waals surface area contributed by atoms with Crippen molar-refractivity contribution in [2.45, 2.75) is 33.2 Å². The molecule has 0 atom stereocenters. The number of hydrogen-bond acceptors (Lipinski definition) is 3. The molecule has 1 aromatic rings. The monoisotopic (exact) mass is 448 g/mol. The topological polar surface area (TPSA) is 88.7 Å². The number of carbonyl (C=O) groups is 1. The van der Waals surface area contributed by atoms with Crippen LogP contribution in [0.4, 0.5) is 0 Å². The highest BCUT2D eigenvalue weighted by Gasteiger charge is 2.00. The number of amides is 1. The summed E-state index contributed by atoms with van der Waals surface area (Å²) in [4.78, 5) is 15.6. The van der Waals surface area contributed by atoms with Crippen molar-refractivity contribution in [3.05, 3.63) is 35.4 Å². The van der Waals surface area contributed by atoms with E-state index < -0.39 is 5.91 Å². The average molecular weight is 448 g/mol. The molecule has 0 aromatic heterocycles. The number of primary amides is 1. The molecule has 1 rings (SSSR count). The van der Waals surface area contributed by atoms with Crippen LogP contribution in [0.1, 0.15) is 42.6 Å². The van der Waals surface area contributed by atoms with Crippen molar-refractivity contribution in [2.75, 3.05) is 26.3 Å². The average Bonchev–Trinajstić information content (AvgIpc) is 2.56. The number of carbonyl (C=O) groups excluding carboxylic acids is 1. The molecule has 0 saturated heterocycles. The number of aliphatic imine (C=N–C) groups is 1. The molecule has 0 fully saturated rings. The van der Waals surface area contributed by atoms with Gasteiger partial charge in [-0.3, -0.25) is 4.79 Å². The molecule has 0 aliphatic carbocycles. The van der Waals surface area contributed by atoms with Crippen LogP contribution in [0.3, 0.4) is 0 Å². The van der Waals surface area contributed by atoms with Gasteiger partial charge in [-0.25, -0.2) is 4.99 Å². The Bertz CT molecular complexity index is 492. The molecule has 4 N–H and O–H groups in total. The Morgan fingerprint density at radius 3 is 2.46 bits per heavy atom. The van der Waals surface area contributed by atoms with Crippen LogP contribution in [0.25, 0.3) is 0 Å². The second-order valence-corrected chi connectivity index (χ2v) is 5.09. The Kier molecular flexibility index (Phi) is 13.2. The minimum Gasteiger partial charge on any atom is -0.382 e. The van der Waals surface area contributed by atoms with Gasteiger partial charge >= 0.3 is 0 Å². The number of rotatable bonds is 10. The van der Waals surface area contributed by atoms with Crippen LogP contribution in [0, 0.1) is 0 Å². The Hall–Kier alpha value is -1.35. The maximum Gasteiger partial charge on any atom is 0.248 e. The molecule has 136 valence electrons. The quantitative estimate of drug-likeness (QED) is 0.222. The second-order valence-electron chi connectivity index (χ2n) is 5.09. The lowest BCUT2D eigenvalue weighted by molar-refractivity contribution is 0.100. The Morgan fingerprint density at radius 1 is 1.17 bits per heavy atom. The van der Waals surface area contributed by atoms with Gasteiger partial charge in [0.2, 0.25) is 5.91 Å². The molecule has 0 bridgehead atoms. The molecule has 0 heterocycles. The van der Waals surface area contributed by atoms with E-state index in [0.29, 0.717) is 12.1 Å². The maximum absolute atomic E-state index is 11.0. The third kappa shape index (κ3) is 9.71. The molecule has 0 unspecified atom stereocenters. The zero-order valence-electron chi connectivity index (χ0n) is 14.5. The minimum absolute atomic E-state index is 0. The Labute approximate surface area is 161 Å². The molecule has 1 amide bonds. The van der Waals surface area contributed by atoms with Gasteiger partial charge in [-0.1, -0.05) is 12.1 Å². The molecule has 0 radical (unpaired) electrons. The predicted molar refractivity (Wildman–Crippen MR) is 109 cm³/mol. The fourth-order valence-electron chi connectivity index (χ4n) is 1.97. The van der Waals surface area contributed by atoms with E-state index in [0.717, 1.165) is 50.7 Å². The summed E-state index contributed by atoms with van der Waals surface area (Å²) >= 11 is 0. The van der Waals surface area contributed by atoms with Crippen LogP contribution < -0.4 is 16.4 Å². The molecular weight excluding hydrogens is 419 g/mol. The van der Waals surface area contributed by atoms with Crippen LogP contribution in [0.2, 0.25) is 0 Å². The Balaban J connectivity index is 0.00000529. The summed E-state index contributed by atoms with van der Waals surface area (Å²) in [6.07, 6.45) is 2.08. The number of ether oxygens (including phenoxy) is 1. The lowest BCUT2D eigenvalue weighted by Gasteiger charge is -2.11. The van der Waals surface area contributed by atoms with Gasteiger partial charge in [0.25, 0.3) is 0 Å². The van der Waals surface area contributed by atoms with Crippen molar-refractivity contribution in [3.63, 3.8) is 0 Å². The minimum atomic E-state index is -0.415. The van der Waals surface area contributed by atoms with Gasteiger partial charge < -0.3 is 21.1 Å². The van der Waals surface area contributed by atoms with Crippen LogP contribution in [0.5, 0.6) is 0 Å². The number of nitrogens with two attached hydrogens (primary N) is 1. The number of guanidine groups is 1. The standard InChI is InChI=1S/C17H28N4O2.HI/c1-3-19-17(20-11-5-6-12-23-4-2)21-13-14-7-9-15(10-8-14)16(18)22;/h7-10H,3-6,11-13H2,1-2H3,(H2,18,22)(H2,19,20,21);1H. The number of unbranched alkanes of at least 4 members (excludes halogenated alkanes) is 1. The predicted octanol–water partition coefficient (Wildman–Crippen LogP) is 2.28. The van der Waals surface area contributed by atoms with E-state index in [1.54, 1.807) is 12.1 Å². The van der Waals surface area contributed by atoms with E-state index in [-0.39, 0.29) is 24.0 Å². The number of nitrogens with one attached hydrogen (secondary N) is 2. The summed E-state index contributed by atoms with van der Waals surface area (Å²) in [6, 6.07) is 7.19. The van der Waals surface area contributed by atoms with Crippen molar-refractivity contribution in [2.24, 2.45) is 10.7 Å². The van der Waals surface area contributed by atoms with Gasteiger partial charge in [0.15, 0.2) is 5.96 Å². The van der Waals surface area contributed by atoms with Crippen molar-refractivity contribution < 1.29 is 9.53 Å². The molecule has 0 aliphatic rings. The summed E-state index contributed by atoms with van der Waals surface area (Å²) in [5.41, 5.74) is 6.77. The highest BCUT2D eigenvalue weighted by atomic mass is 127. The summed E-state index contributed by atoms with van der Waals surface area (Å²) in [6.45, 7) is 7.83. The number of benzene rings is 1. The van der Waals surface area contributed by atoms with Crippen molar-refractivity contribution in [3.8, 4) is 0 Å². The van der Waals surface area contributed by atoms with E-state index in [4.69, 9.17) is 10.5 Å². The third-order valence-electron chi connectivity index (χ3n) is 3.21. The van der Waals surface area contributed by atoms with Gasteiger partial charge in [0, 0.05) is 31.9 Å². The summed E-state index contributed by atoms with van der Waals surface area (Å²) < 4.78 is 5.31. The lowest BCUT2D eigenvalue weighted by atomic mass is 10.1. The maximum atomic E-state index is 11.0. The lowest BCUT2D eigenvalue weighted by Crippen LogP contribution is -2.37. The zero-order valence-corrected chi connectivity index (χ0v) is 16.8. The SMILES string of the molecule is CCNC(=NCc1ccc(C(N)=O)cc1)NCCCCOCC.I. The first-order valence-corrected chi connectivity index (χ1v) is 8.16. The van der Waals surface area contributed by atoms with Crippen LogP contribution in [-0.4, -0.2) is 38.2 Å². The van der Waals surface area contributed by atoms with E-state index in [1.807, 2.05) is 26.0 Å². The molecule has 6 nitrogen and oxygen atoms in total. The summed E-state index contributed by atoms with van der Waals surface area (Å²) in [7, 11) is 0. The highest BCUT2D eigenvalue weighted by molar-refractivity contribution is 14.0. The first kappa shape index (κ1) is 22.6. The van der Waals surface area contributed by atoms with Crippen LogP contribution in [0.15, 0.2) is 29.3 Å². The first-order chi connectivity index (χ1) is 11.2. The highest BCUT2D eigenvalue weighted by Crippen LogP contribution is 2.05. The van der Waals surface area contributed by atoms with Gasteiger partial charge in [-0.15, -0.1) is 24.0 Å². The molecule has 24 heavy (non-hydrogen) atoms. The third-order valence-corrected chi connectivity index (χ3v) is 3.21. The number of nitrogens with zero attached hydrogens (tertiary/aromatic N) is 1. The van der Waals surface area contributed by atoms with Crippen molar-refractivity contribution >= 4 is 35.8 Å². The van der Waals surface area contributed by atoms with E-state index in [9.17, 15) is 4.79 Å². The van der Waals surface area contributed by atoms with Crippen molar-refractivity contribution in [1.82, 2.24) is 10.6 Å². The summed E-state index contributed by atoms with van der Waals surface area (Å²) in [5.74, 6) is 0.380. The summed E-state index contributed by atoms with van der Waals surface area (Å²) in [5, 5.41) is 6.52. The van der Waals surface area contributed by atoms with Crippen LogP contribution in [-0.2, 0) is 11.3 Å². The van der Waals surface area contributed by atoms with Gasteiger partial charge in [-0.2, -0.15) is 0 Å². The molecule has 7 heteroatoms. The molecule has 1 aromatic carbocycles. The first-order valence-electron chi connectivity index (χ1n) is 8.16. The molecule has 0 spiro atoms. The fourth-order valence-corrected chi connectivity index (χ4v) is 1.97. The molecular formula is C17H29IN4O2. The smallest absolute Gasteiger partial charge is 0.248 e. The van der Waals surface area contributed by atoms with E-state index in [1.165, 1.54) is 0 Å². The van der Waals surface area contributed by atoms with Crippen molar-refractivity contribution in [1.29, 1.82) is 0 Å². The van der Waals surface area contributed by atoms with Crippen LogP contribution >= 0.6 is 24.0 Å². The number of hydrogen-bond donors (Lipinski definition) is 3. The zero-order chi connectivity index (χ0) is 16.9. The largest absolute Gasteiger partial charge is 0.382 e. The van der Waals surface area contributed by atoms with Gasteiger partial charge in [0.1, 0.15) is 0 Å². The fraction of sp³-hybridized carbons (Fsp3) is 0.529. The van der Waals surface area contributed by atoms with E-state index >= 15 is 0 Å². The van der Waals surface area contributed by atoms with E-state index in [2.05, 4.69) is 15.6 Å².